The van der Waals surface area contributed by atoms with Crippen LogP contribution in [-0.2, 0) is 0 Å². The van der Waals surface area contributed by atoms with Crippen molar-refractivity contribution >= 4 is 5.84 Å². The van der Waals surface area contributed by atoms with Crippen LogP contribution in [-0.4, -0.2) is 32.3 Å². The number of hydrogen-bond acceptors (Lipinski definition) is 4. The maximum atomic E-state index is 8.82. The van der Waals surface area contributed by atoms with Gasteiger partial charge in [-0.3, -0.25) is 15.7 Å². The molecule has 1 aromatic rings. The van der Waals surface area contributed by atoms with Crippen molar-refractivity contribution in [2.24, 2.45) is 4.99 Å². The van der Waals surface area contributed by atoms with E-state index in [4.69, 9.17) is 14.7 Å². The summed E-state index contributed by atoms with van der Waals surface area (Å²) in [5.74, 6) is 1.59. The fourth-order valence-corrected chi connectivity index (χ4v) is 1.23. The Balaban J connectivity index is 3.13. The summed E-state index contributed by atoms with van der Waals surface area (Å²) >= 11 is 0. The summed E-state index contributed by atoms with van der Waals surface area (Å²) in [7, 11) is 4.70. The van der Waals surface area contributed by atoms with E-state index in [-0.39, 0.29) is 0 Å². The molecule has 0 aliphatic rings. The number of hydroxylamine groups is 1. The normalized spacial score (nSPS) is 11.1. The Hall–Kier alpha value is -1.75. The average molecular weight is 210 g/mol. The zero-order chi connectivity index (χ0) is 11.3. The first kappa shape index (κ1) is 11.3. The molecule has 2 N–H and O–H groups in total. The molecule has 0 atom stereocenters. The third-order valence-electron chi connectivity index (χ3n) is 1.99. The number of aliphatic imine (C=N–C) groups is 1. The van der Waals surface area contributed by atoms with Crippen LogP contribution >= 0.6 is 0 Å². The predicted octanol–water partition coefficient (Wildman–Crippen LogP) is 1.06. The Kier molecular flexibility index (Phi) is 3.93. The second-order valence-electron chi connectivity index (χ2n) is 2.75. The van der Waals surface area contributed by atoms with Gasteiger partial charge in [-0.15, -0.1) is 0 Å². The fourth-order valence-electron chi connectivity index (χ4n) is 1.23. The minimum atomic E-state index is 0.371. The first-order valence-electron chi connectivity index (χ1n) is 4.36. The standard InChI is InChI=1S/C10H14N2O3/c1-11-10(12-13)7-4-5-8(14-2)9(6-7)15-3/h4-6,13H,1-3H3,(H,11,12). The van der Waals surface area contributed by atoms with Gasteiger partial charge < -0.3 is 9.47 Å². The van der Waals surface area contributed by atoms with Crippen molar-refractivity contribution < 1.29 is 14.7 Å². The van der Waals surface area contributed by atoms with Gasteiger partial charge in [-0.2, -0.15) is 0 Å². The highest BCUT2D eigenvalue weighted by atomic mass is 16.5. The van der Waals surface area contributed by atoms with Gasteiger partial charge in [0.25, 0.3) is 0 Å². The molecule has 82 valence electrons. The van der Waals surface area contributed by atoms with Crippen LogP contribution in [0, 0.1) is 0 Å². The van der Waals surface area contributed by atoms with Crippen molar-refractivity contribution in [3.8, 4) is 11.5 Å². The number of benzene rings is 1. The quantitative estimate of drug-likeness (QED) is 0.445. The number of rotatable bonds is 3. The van der Waals surface area contributed by atoms with Crippen LogP contribution < -0.4 is 15.0 Å². The third kappa shape index (κ3) is 2.38. The van der Waals surface area contributed by atoms with Crippen LogP contribution in [0.1, 0.15) is 5.56 Å². The number of amidine groups is 1. The summed E-state index contributed by atoms with van der Waals surface area (Å²) in [5.41, 5.74) is 2.73. The van der Waals surface area contributed by atoms with Crippen molar-refractivity contribution in [2.45, 2.75) is 0 Å². The lowest BCUT2D eigenvalue weighted by Crippen LogP contribution is -2.20. The van der Waals surface area contributed by atoms with Crippen LogP contribution in [0.25, 0.3) is 0 Å². The van der Waals surface area contributed by atoms with E-state index in [1.165, 1.54) is 0 Å². The average Bonchev–Trinajstić information content (AvgIpc) is 2.30. The van der Waals surface area contributed by atoms with E-state index >= 15 is 0 Å². The minimum Gasteiger partial charge on any atom is -0.493 e. The minimum absolute atomic E-state index is 0.371. The van der Waals surface area contributed by atoms with Gasteiger partial charge in [-0.25, -0.2) is 0 Å². The molecule has 0 saturated carbocycles. The second-order valence-corrected chi connectivity index (χ2v) is 2.75. The Labute approximate surface area is 88.3 Å². The smallest absolute Gasteiger partial charge is 0.161 e. The van der Waals surface area contributed by atoms with Crippen LogP contribution in [0.2, 0.25) is 0 Å². The van der Waals surface area contributed by atoms with Crippen molar-refractivity contribution in [2.75, 3.05) is 21.3 Å². The largest absolute Gasteiger partial charge is 0.493 e. The molecule has 0 unspecified atom stereocenters. The monoisotopic (exact) mass is 210 g/mol. The summed E-state index contributed by atoms with van der Waals surface area (Å²) in [5, 5.41) is 8.82. The fraction of sp³-hybridized carbons (Fsp3) is 0.300. The van der Waals surface area contributed by atoms with Gasteiger partial charge in [0.2, 0.25) is 0 Å². The number of hydrogen-bond donors (Lipinski definition) is 2. The van der Waals surface area contributed by atoms with E-state index in [0.717, 1.165) is 5.56 Å². The Morgan fingerprint density at radius 3 is 2.40 bits per heavy atom. The molecule has 1 aromatic carbocycles. The zero-order valence-corrected chi connectivity index (χ0v) is 8.94. The maximum Gasteiger partial charge on any atom is 0.161 e. The van der Waals surface area contributed by atoms with Crippen LogP contribution in [0.5, 0.6) is 11.5 Å². The van der Waals surface area contributed by atoms with Crippen molar-refractivity contribution in [3.05, 3.63) is 23.8 Å². The molecule has 15 heavy (non-hydrogen) atoms. The molecule has 0 spiro atoms. The summed E-state index contributed by atoms with van der Waals surface area (Å²) in [6, 6.07) is 5.24. The molecule has 0 amide bonds. The molecule has 5 heteroatoms. The van der Waals surface area contributed by atoms with Crippen LogP contribution in [0.4, 0.5) is 0 Å². The number of nitrogens with zero attached hydrogens (tertiary/aromatic N) is 1. The molecule has 0 fully saturated rings. The van der Waals surface area contributed by atoms with Gasteiger partial charge in [-0.05, 0) is 18.2 Å². The predicted molar refractivity (Wildman–Crippen MR) is 56.9 cm³/mol. The Morgan fingerprint density at radius 1 is 1.27 bits per heavy atom. The van der Waals surface area contributed by atoms with E-state index in [9.17, 15) is 0 Å². The third-order valence-corrected chi connectivity index (χ3v) is 1.99. The van der Waals surface area contributed by atoms with E-state index in [1.54, 1.807) is 39.5 Å². The van der Waals surface area contributed by atoms with Crippen LogP contribution in [0.3, 0.4) is 0 Å². The molecule has 1 rings (SSSR count). The lowest BCUT2D eigenvalue weighted by Gasteiger charge is -2.10. The second kappa shape index (κ2) is 5.21. The van der Waals surface area contributed by atoms with Gasteiger partial charge in [-0.1, -0.05) is 0 Å². The van der Waals surface area contributed by atoms with Gasteiger partial charge in [0.1, 0.15) is 0 Å². The van der Waals surface area contributed by atoms with Crippen molar-refractivity contribution in [1.29, 1.82) is 0 Å². The molecule has 0 aliphatic carbocycles. The number of ether oxygens (including phenoxy) is 2. The van der Waals surface area contributed by atoms with E-state index in [0.29, 0.717) is 17.3 Å². The van der Waals surface area contributed by atoms with Crippen LogP contribution in [0.15, 0.2) is 23.2 Å². The van der Waals surface area contributed by atoms with Gasteiger partial charge in [0.05, 0.1) is 14.2 Å². The van der Waals surface area contributed by atoms with E-state index in [1.807, 2.05) is 5.48 Å². The van der Waals surface area contributed by atoms with Crippen molar-refractivity contribution in [3.63, 3.8) is 0 Å². The molecule has 0 aliphatic heterocycles. The van der Waals surface area contributed by atoms with Gasteiger partial charge in [0, 0.05) is 12.6 Å². The van der Waals surface area contributed by atoms with Crippen molar-refractivity contribution in [1.82, 2.24) is 5.48 Å². The van der Waals surface area contributed by atoms with E-state index in [2.05, 4.69) is 4.99 Å². The summed E-state index contributed by atoms with van der Waals surface area (Å²) in [4.78, 5) is 3.87. The molecule has 0 bridgehead atoms. The SMILES string of the molecule is CN=C(NO)c1ccc(OC)c(OC)c1. The number of methoxy groups -OCH3 is 2. The summed E-state index contributed by atoms with van der Waals surface area (Å²) < 4.78 is 10.2. The molecular formula is C10H14N2O3. The highest BCUT2D eigenvalue weighted by Crippen LogP contribution is 2.27. The topological polar surface area (TPSA) is 63.1 Å². The molecule has 0 aromatic heterocycles. The van der Waals surface area contributed by atoms with E-state index < -0.39 is 0 Å². The molecule has 0 radical (unpaired) electrons. The van der Waals surface area contributed by atoms with Gasteiger partial charge >= 0.3 is 0 Å². The highest BCUT2D eigenvalue weighted by Gasteiger charge is 2.07. The summed E-state index contributed by atoms with van der Waals surface area (Å²) in [6.07, 6.45) is 0. The highest BCUT2D eigenvalue weighted by molar-refractivity contribution is 5.98. The Bertz CT molecular complexity index is 364. The maximum absolute atomic E-state index is 8.82. The molecule has 0 saturated heterocycles. The zero-order valence-electron chi connectivity index (χ0n) is 8.94. The Morgan fingerprint density at radius 2 is 1.93 bits per heavy atom. The molecule has 5 nitrogen and oxygen atoms in total. The van der Waals surface area contributed by atoms with Gasteiger partial charge in [0.15, 0.2) is 17.3 Å². The molecular weight excluding hydrogens is 196 g/mol. The first-order valence-corrected chi connectivity index (χ1v) is 4.36. The number of nitrogens with one attached hydrogen (secondary N) is 1. The lowest BCUT2D eigenvalue weighted by atomic mass is 10.2. The summed E-state index contributed by atoms with van der Waals surface area (Å²) in [6.45, 7) is 0. The first-order chi connectivity index (χ1) is 7.26. The molecule has 0 heterocycles. The lowest BCUT2D eigenvalue weighted by molar-refractivity contribution is 0.235.